The second-order valence-corrected chi connectivity index (χ2v) is 6.21. The van der Waals surface area contributed by atoms with Crippen molar-refractivity contribution in [1.82, 2.24) is 0 Å². The molecule has 0 radical (unpaired) electrons. The maximum atomic E-state index is 12.2. The first-order valence-corrected chi connectivity index (χ1v) is 8.92. The van der Waals surface area contributed by atoms with E-state index in [1.54, 1.807) is 72.8 Å². The fourth-order valence-electron chi connectivity index (χ4n) is 2.68. The molecule has 3 aromatic rings. The van der Waals surface area contributed by atoms with Crippen LogP contribution in [-0.2, 0) is 4.79 Å². The molecule has 0 heterocycles. The first kappa shape index (κ1) is 19.6. The van der Waals surface area contributed by atoms with Crippen LogP contribution in [0.1, 0.15) is 20.7 Å². The molecule has 5 N–H and O–H groups in total. The first-order valence-electron chi connectivity index (χ1n) is 8.92. The lowest BCUT2D eigenvalue weighted by Gasteiger charge is -2.11. The van der Waals surface area contributed by atoms with Crippen LogP contribution in [0.15, 0.2) is 78.9 Å². The van der Waals surface area contributed by atoms with Gasteiger partial charge in [-0.3, -0.25) is 14.4 Å². The predicted molar refractivity (Wildman–Crippen MR) is 113 cm³/mol. The quantitative estimate of drug-likeness (QED) is 0.498. The molecule has 0 fully saturated rings. The topological polar surface area (TPSA) is 113 Å². The summed E-state index contributed by atoms with van der Waals surface area (Å²) in [6, 6.07) is 22.4. The number of nitrogens with one attached hydrogen (secondary N) is 3. The summed E-state index contributed by atoms with van der Waals surface area (Å²) in [7, 11) is 0. The molecule has 3 aromatic carbocycles. The van der Waals surface area contributed by atoms with E-state index in [1.807, 2.05) is 6.07 Å². The molecular weight excluding hydrogens is 368 g/mol. The van der Waals surface area contributed by atoms with Gasteiger partial charge in [0, 0.05) is 16.9 Å². The highest BCUT2D eigenvalue weighted by molar-refractivity contribution is 6.05. The molecule has 29 heavy (non-hydrogen) atoms. The van der Waals surface area contributed by atoms with E-state index >= 15 is 0 Å². The van der Waals surface area contributed by atoms with E-state index in [0.717, 1.165) is 0 Å². The second kappa shape index (κ2) is 9.18. The maximum Gasteiger partial charge on any atom is 0.255 e. The fraction of sp³-hybridized carbons (Fsp3) is 0.0455. The van der Waals surface area contributed by atoms with E-state index in [4.69, 9.17) is 5.73 Å². The fourth-order valence-corrected chi connectivity index (χ4v) is 2.68. The Balaban J connectivity index is 1.59. The largest absolute Gasteiger partial charge is 0.376 e. The van der Waals surface area contributed by atoms with Crippen LogP contribution >= 0.6 is 0 Å². The zero-order chi connectivity index (χ0) is 20.6. The van der Waals surface area contributed by atoms with Gasteiger partial charge in [-0.15, -0.1) is 0 Å². The second-order valence-electron chi connectivity index (χ2n) is 6.21. The van der Waals surface area contributed by atoms with Crippen molar-refractivity contribution >= 4 is 34.8 Å². The minimum atomic E-state index is -0.615. The standard InChI is InChI=1S/C22H20N4O3/c23-21(28)18-11-4-5-12-19(18)26-20(27)14-24-16-9-6-10-17(13-16)25-22(29)15-7-2-1-3-8-15/h1-13,24H,14H2,(H2,23,28)(H,25,29)(H,26,27). The van der Waals surface area contributed by atoms with Crippen LogP contribution in [0.3, 0.4) is 0 Å². The number of anilines is 3. The minimum Gasteiger partial charge on any atom is -0.376 e. The zero-order valence-electron chi connectivity index (χ0n) is 15.5. The van der Waals surface area contributed by atoms with Crippen LogP contribution in [0.2, 0.25) is 0 Å². The van der Waals surface area contributed by atoms with Crippen LogP contribution in [0.4, 0.5) is 17.1 Å². The number of benzene rings is 3. The van der Waals surface area contributed by atoms with Crippen molar-refractivity contribution in [3.8, 4) is 0 Å². The molecule has 7 heteroatoms. The molecule has 3 amide bonds. The summed E-state index contributed by atoms with van der Waals surface area (Å²) >= 11 is 0. The van der Waals surface area contributed by atoms with Gasteiger partial charge in [0.15, 0.2) is 0 Å². The Kier molecular flexibility index (Phi) is 6.22. The molecule has 0 aromatic heterocycles. The third kappa shape index (κ3) is 5.43. The van der Waals surface area contributed by atoms with Crippen LogP contribution in [0.25, 0.3) is 0 Å². The number of primary amides is 1. The van der Waals surface area contributed by atoms with E-state index in [9.17, 15) is 14.4 Å². The smallest absolute Gasteiger partial charge is 0.255 e. The maximum absolute atomic E-state index is 12.2. The van der Waals surface area contributed by atoms with Crippen molar-refractivity contribution in [2.24, 2.45) is 5.73 Å². The van der Waals surface area contributed by atoms with Crippen molar-refractivity contribution < 1.29 is 14.4 Å². The van der Waals surface area contributed by atoms with Gasteiger partial charge < -0.3 is 21.7 Å². The predicted octanol–water partition coefficient (Wildman–Crippen LogP) is 3.09. The van der Waals surface area contributed by atoms with Crippen molar-refractivity contribution in [2.45, 2.75) is 0 Å². The van der Waals surface area contributed by atoms with Gasteiger partial charge in [-0.2, -0.15) is 0 Å². The molecule has 7 nitrogen and oxygen atoms in total. The Hall–Kier alpha value is -4.13. The summed E-state index contributed by atoms with van der Waals surface area (Å²) in [6.45, 7) is -0.0246. The number of para-hydroxylation sites is 1. The molecule has 0 spiro atoms. The molecule has 0 unspecified atom stereocenters. The molecule has 146 valence electrons. The van der Waals surface area contributed by atoms with Gasteiger partial charge in [0.25, 0.3) is 11.8 Å². The lowest BCUT2D eigenvalue weighted by Crippen LogP contribution is -2.24. The summed E-state index contributed by atoms with van der Waals surface area (Å²) < 4.78 is 0. The highest BCUT2D eigenvalue weighted by atomic mass is 16.2. The summed E-state index contributed by atoms with van der Waals surface area (Å²) in [4.78, 5) is 35.9. The van der Waals surface area contributed by atoms with Gasteiger partial charge in [0.2, 0.25) is 5.91 Å². The van der Waals surface area contributed by atoms with Crippen LogP contribution in [0.5, 0.6) is 0 Å². The Morgan fingerprint density at radius 3 is 2.21 bits per heavy atom. The van der Waals surface area contributed by atoms with Gasteiger partial charge >= 0.3 is 0 Å². The van der Waals surface area contributed by atoms with Crippen molar-refractivity contribution in [3.63, 3.8) is 0 Å². The van der Waals surface area contributed by atoms with Gasteiger partial charge in [-0.05, 0) is 42.5 Å². The summed E-state index contributed by atoms with van der Waals surface area (Å²) in [5, 5.41) is 8.46. The molecule has 0 bridgehead atoms. The molecule has 0 atom stereocenters. The van der Waals surface area contributed by atoms with E-state index in [0.29, 0.717) is 22.6 Å². The van der Waals surface area contributed by atoms with Gasteiger partial charge in [-0.1, -0.05) is 36.4 Å². The Morgan fingerprint density at radius 1 is 0.759 bits per heavy atom. The van der Waals surface area contributed by atoms with Crippen LogP contribution < -0.4 is 21.7 Å². The number of nitrogens with two attached hydrogens (primary N) is 1. The lowest BCUT2D eigenvalue weighted by atomic mass is 10.1. The third-order valence-corrected chi connectivity index (χ3v) is 4.08. The van der Waals surface area contributed by atoms with E-state index < -0.39 is 5.91 Å². The van der Waals surface area contributed by atoms with Gasteiger partial charge in [0.05, 0.1) is 17.8 Å². The molecule has 0 aliphatic carbocycles. The number of carbonyl (C=O) groups is 3. The summed E-state index contributed by atoms with van der Waals surface area (Å²) in [5.74, 6) is -1.17. The Labute approximate surface area is 167 Å². The average Bonchev–Trinajstić information content (AvgIpc) is 2.73. The normalized spacial score (nSPS) is 10.1. The minimum absolute atomic E-state index is 0.0246. The van der Waals surface area contributed by atoms with Crippen LogP contribution in [0, 0.1) is 0 Å². The summed E-state index contributed by atoms with van der Waals surface area (Å²) in [6.07, 6.45) is 0. The number of carbonyl (C=O) groups excluding carboxylic acids is 3. The van der Waals surface area contributed by atoms with Gasteiger partial charge in [-0.25, -0.2) is 0 Å². The van der Waals surface area contributed by atoms with Crippen molar-refractivity contribution in [2.75, 3.05) is 22.5 Å². The van der Waals surface area contributed by atoms with E-state index in [-0.39, 0.29) is 23.9 Å². The number of rotatable bonds is 7. The molecule has 0 aliphatic heterocycles. The van der Waals surface area contributed by atoms with E-state index in [1.165, 1.54) is 0 Å². The highest BCUT2D eigenvalue weighted by Crippen LogP contribution is 2.17. The van der Waals surface area contributed by atoms with Gasteiger partial charge in [0.1, 0.15) is 0 Å². The Bertz CT molecular complexity index is 1030. The monoisotopic (exact) mass is 388 g/mol. The number of hydrogen-bond donors (Lipinski definition) is 4. The molecule has 0 saturated heterocycles. The molecule has 0 aliphatic rings. The molecule has 0 saturated carbocycles. The highest BCUT2D eigenvalue weighted by Gasteiger charge is 2.10. The first-order chi connectivity index (χ1) is 14.0. The molecule has 3 rings (SSSR count). The third-order valence-electron chi connectivity index (χ3n) is 4.08. The SMILES string of the molecule is NC(=O)c1ccccc1NC(=O)CNc1cccc(NC(=O)c2ccccc2)c1. The zero-order valence-corrected chi connectivity index (χ0v) is 15.5. The molecular formula is C22H20N4O3. The number of amides is 3. The summed E-state index contributed by atoms with van der Waals surface area (Å²) in [5.41, 5.74) is 7.73. The lowest BCUT2D eigenvalue weighted by molar-refractivity contribution is -0.114. The Morgan fingerprint density at radius 2 is 1.45 bits per heavy atom. The average molecular weight is 388 g/mol. The van der Waals surface area contributed by atoms with Crippen molar-refractivity contribution in [3.05, 3.63) is 90.0 Å². The van der Waals surface area contributed by atoms with Crippen molar-refractivity contribution in [1.29, 1.82) is 0 Å². The van der Waals surface area contributed by atoms with E-state index in [2.05, 4.69) is 16.0 Å². The van der Waals surface area contributed by atoms with Crippen LogP contribution in [-0.4, -0.2) is 24.3 Å². The number of hydrogen-bond acceptors (Lipinski definition) is 4.